The van der Waals surface area contributed by atoms with Crippen molar-refractivity contribution in [1.29, 1.82) is 0 Å². The van der Waals surface area contributed by atoms with Crippen LogP contribution < -0.4 is 5.32 Å². The summed E-state index contributed by atoms with van der Waals surface area (Å²) < 4.78 is 1.90. The molecule has 0 unspecified atom stereocenters. The molecule has 6 heteroatoms. The molecule has 1 fully saturated rings. The molecule has 3 heterocycles. The molecular weight excluding hydrogens is 290 g/mol. The topological polar surface area (TPSA) is 63.1 Å². The van der Waals surface area contributed by atoms with Crippen molar-refractivity contribution in [2.75, 3.05) is 13.1 Å². The van der Waals surface area contributed by atoms with Gasteiger partial charge in [0.1, 0.15) is 0 Å². The number of aromatic nitrogens is 3. The molecule has 0 radical (unpaired) electrons. The van der Waals surface area contributed by atoms with E-state index < -0.39 is 0 Å². The van der Waals surface area contributed by atoms with E-state index in [9.17, 15) is 4.79 Å². The molecule has 1 aliphatic heterocycles. The van der Waals surface area contributed by atoms with Crippen LogP contribution in [-0.2, 0) is 13.0 Å². The van der Waals surface area contributed by atoms with E-state index in [4.69, 9.17) is 0 Å². The Balaban J connectivity index is 1.49. The van der Waals surface area contributed by atoms with Crippen molar-refractivity contribution in [3.8, 4) is 0 Å². The summed E-state index contributed by atoms with van der Waals surface area (Å²) in [5.74, 6) is 0. The molecule has 2 amide bonds. The van der Waals surface area contributed by atoms with E-state index in [0.717, 1.165) is 43.7 Å². The van der Waals surface area contributed by atoms with E-state index >= 15 is 0 Å². The number of nitrogens with one attached hydrogen (secondary N) is 1. The molecule has 1 aliphatic rings. The number of carbonyl (C=O) groups is 1. The molecule has 0 spiro atoms. The SMILES string of the molecule is Cc1cccc(CCNC(=O)N2CCC[C@@H]2Cn2cccn2)n1. The Bertz CT molecular complexity index is 640. The molecule has 0 bridgehead atoms. The van der Waals surface area contributed by atoms with Crippen LogP contribution in [-0.4, -0.2) is 44.8 Å². The number of urea groups is 1. The quantitative estimate of drug-likeness (QED) is 0.918. The van der Waals surface area contributed by atoms with Gasteiger partial charge in [-0.3, -0.25) is 9.67 Å². The standard InChI is InChI=1S/C17H23N5O/c1-14-5-2-6-15(20-14)8-10-18-17(23)22-12-3-7-16(22)13-21-11-4-9-19-21/h2,4-6,9,11,16H,3,7-8,10,12-13H2,1H3,(H,18,23)/t16-/m1/s1. The number of rotatable bonds is 5. The van der Waals surface area contributed by atoms with Gasteiger partial charge in [0.2, 0.25) is 0 Å². The Hall–Kier alpha value is -2.37. The average molecular weight is 313 g/mol. The number of carbonyl (C=O) groups excluding carboxylic acids is 1. The Morgan fingerprint density at radius 3 is 3.09 bits per heavy atom. The van der Waals surface area contributed by atoms with Gasteiger partial charge in [-0.2, -0.15) is 5.10 Å². The summed E-state index contributed by atoms with van der Waals surface area (Å²) in [6.07, 6.45) is 6.56. The minimum atomic E-state index is 0.0207. The van der Waals surface area contributed by atoms with Crippen molar-refractivity contribution in [2.45, 2.75) is 38.8 Å². The summed E-state index contributed by atoms with van der Waals surface area (Å²) in [4.78, 5) is 18.8. The van der Waals surface area contributed by atoms with Gasteiger partial charge < -0.3 is 10.2 Å². The van der Waals surface area contributed by atoms with Crippen LogP contribution in [0.1, 0.15) is 24.2 Å². The highest BCUT2D eigenvalue weighted by molar-refractivity contribution is 5.74. The van der Waals surface area contributed by atoms with Gasteiger partial charge in [0.05, 0.1) is 12.6 Å². The zero-order valence-electron chi connectivity index (χ0n) is 13.5. The second kappa shape index (κ2) is 7.26. The number of hydrogen-bond acceptors (Lipinski definition) is 3. The predicted molar refractivity (Wildman–Crippen MR) is 88.0 cm³/mol. The monoisotopic (exact) mass is 313 g/mol. The number of nitrogens with zero attached hydrogens (tertiary/aromatic N) is 4. The molecule has 0 aromatic carbocycles. The van der Waals surface area contributed by atoms with Crippen molar-refractivity contribution < 1.29 is 4.79 Å². The predicted octanol–water partition coefficient (Wildman–Crippen LogP) is 2.00. The highest BCUT2D eigenvalue weighted by Gasteiger charge is 2.28. The third-order valence-electron chi connectivity index (χ3n) is 4.20. The summed E-state index contributed by atoms with van der Waals surface area (Å²) in [6.45, 7) is 4.17. The summed E-state index contributed by atoms with van der Waals surface area (Å²) >= 11 is 0. The molecule has 2 aromatic heterocycles. The fourth-order valence-corrected chi connectivity index (χ4v) is 3.06. The van der Waals surface area contributed by atoms with Gasteiger partial charge in [-0.1, -0.05) is 6.07 Å². The highest BCUT2D eigenvalue weighted by atomic mass is 16.2. The van der Waals surface area contributed by atoms with E-state index in [-0.39, 0.29) is 12.1 Å². The zero-order chi connectivity index (χ0) is 16.1. The molecule has 1 N–H and O–H groups in total. The summed E-state index contributed by atoms with van der Waals surface area (Å²) in [5, 5.41) is 7.25. The van der Waals surface area contributed by atoms with E-state index in [1.807, 2.05) is 47.0 Å². The van der Waals surface area contributed by atoms with Crippen LogP contribution in [0, 0.1) is 6.92 Å². The largest absolute Gasteiger partial charge is 0.338 e. The van der Waals surface area contributed by atoms with Crippen molar-refractivity contribution in [2.24, 2.45) is 0 Å². The third-order valence-corrected chi connectivity index (χ3v) is 4.20. The van der Waals surface area contributed by atoms with Gasteiger partial charge >= 0.3 is 6.03 Å². The lowest BCUT2D eigenvalue weighted by atomic mass is 10.2. The molecule has 1 atom stereocenters. The van der Waals surface area contributed by atoms with Gasteiger partial charge in [-0.05, 0) is 38.0 Å². The zero-order valence-corrected chi connectivity index (χ0v) is 13.5. The molecule has 0 aliphatic carbocycles. The van der Waals surface area contributed by atoms with Gasteiger partial charge in [-0.15, -0.1) is 0 Å². The molecule has 0 saturated carbocycles. The number of likely N-dealkylation sites (tertiary alicyclic amines) is 1. The van der Waals surface area contributed by atoms with E-state index in [1.165, 1.54) is 0 Å². The van der Waals surface area contributed by atoms with Crippen molar-refractivity contribution in [3.63, 3.8) is 0 Å². The number of pyridine rings is 1. The van der Waals surface area contributed by atoms with Crippen molar-refractivity contribution in [3.05, 3.63) is 48.0 Å². The first-order valence-electron chi connectivity index (χ1n) is 8.17. The van der Waals surface area contributed by atoms with Gasteiger partial charge in [-0.25, -0.2) is 4.79 Å². The molecule has 23 heavy (non-hydrogen) atoms. The smallest absolute Gasteiger partial charge is 0.317 e. The minimum absolute atomic E-state index is 0.0207. The Kier molecular flexibility index (Phi) is 4.90. The van der Waals surface area contributed by atoms with E-state index in [0.29, 0.717) is 6.54 Å². The lowest BCUT2D eigenvalue weighted by Gasteiger charge is -2.25. The van der Waals surface area contributed by atoms with Gasteiger partial charge in [0.25, 0.3) is 0 Å². The van der Waals surface area contributed by atoms with Crippen molar-refractivity contribution >= 4 is 6.03 Å². The van der Waals surface area contributed by atoms with E-state index in [2.05, 4.69) is 15.4 Å². The number of hydrogen-bond donors (Lipinski definition) is 1. The lowest BCUT2D eigenvalue weighted by molar-refractivity contribution is 0.186. The maximum Gasteiger partial charge on any atom is 0.317 e. The first-order chi connectivity index (χ1) is 11.2. The van der Waals surface area contributed by atoms with E-state index in [1.54, 1.807) is 6.20 Å². The van der Waals surface area contributed by atoms with Crippen LogP contribution in [0.3, 0.4) is 0 Å². The maximum atomic E-state index is 12.4. The first-order valence-corrected chi connectivity index (χ1v) is 8.17. The summed E-state index contributed by atoms with van der Waals surface area (Å²) in [7, 11) is 0. The van der Waals surface area contributed by atoms with Gasteiger partial charge in [0, 0.05) is 43.3 Å². The van der Waals surface area contributed by atoms with Crippen LogP contribution in [0.2, 0.25) is 0 Å². The third kappa shape index (κ3) is 4.09. The van der Waals surface area contributed by atoms with Crippen LogP contribution >= 0.6 is 0 Å². The lowest BCUT2D eigenvalue weighted by Crippen LogP contribution is -2.45. The first kappa shape index (κ1) is 15.5. The highest BCUT2D eigenvalue weighted by Crippen LogP contribution is 2.18. The van der Waals surface area contributed by atoms with Crippen LogP contribution in [0.4, 0.5) is 4.79 Å². The molecule has 1 saturated heterocycles. The van der Waals surface area contributed by atoms with Crippen molar-refractivity contribution in [1.82, 2.24) is 25.0 Å². The molecular formula is C17H23N5O. The fourth-order valence-electron chi connectivity index (χ4n) is 3.06. The second-order valence-corrected chi connectivity index (χ2v) is 5.97. The fraction of sp³-hybridized carbons (Fsp3) is 0.471. The second-order valence-electron chi connectivity index (χ2n) is 5.97. The molecule has 122 valence electrons. The number of aryl methyl sites for hydroxylation is 1. The summed E-state index contributed by atoms with van der Waals surface area (Å²) in [6, 6.07) is 8.13. The summed E-state index contributed by atoms with van der Waals surface area (Å²) in [5.41, 5.74) is 2.02. The Morgan fingerprint density at radius 1 is 1.39 bits per heavy atom. The van der Waals surface area contributed by atoms with Crippen LogP contribution in [0.25, 0.3) is 0 Å². The minimum Gasteiger partial charge on any atom is -0.338 e. The normalized spacial score (nSPS) is 17.4. The van der Waals surface area contributed by atoms with Crippen LogP contribution in [0.15, 0.2) is 36.7 Å². The average Bonchev–Trinajstić information content (AvgIpc) is 3.19. The molecule has 6 nitrogen and oxygen atoms in total. The Morgan fingerprint density at radius 2 is 2.30 bits per heavy atom. The molecule has 2 aromatic rings. The Labute approximate surface area is 136 Å². The maximum absolute atomic E-state index is 12.4. The van der Waals surface area contributed by atoms with Gasteiger partial charge in [0.15, 0.2) is 0 Å². The number of amides is 2. The van der Waals surface area contributed by atoms with Crippen LogP contribution in [0.5, 0.6) is 0 Å². The molecule has 3 rings (SSSR count).